The Morgan fingerprint density at radius 1 is 1.60 bits per heavy atom. The average molecular weight is 148 g/mol. The fourth-order valence-electron chi connectivity index (χ4n) is 0.507. The maximum atomic E-state index is 11.5. The predicted octanol–water partition coefficient (Wildman–Crippen LogP) is 0.636. The molecule has 0 aromatic carbocycles. The number of aliphatic carboxylic acids is 1. The van der Waals surface area contributed by atoms with Gasteiger partial charge in [-0.05, 0) is 0 Å². The predicted molar refractivity (Wildman–Crippen MR) is 32.4 cm³/mol. The molecule has 0 saturated heterocycles. The Balaban J connectivity index is 3.72. The van der Waals surface area contributed by atoms with E-state index in [0.29, 0.717) is 0 Å². The standard InChI is InChI=1S/C6H9FO3/c1-4(2-6(9)10)5(8)3-7/h4H,2-3H2,1H3,(H,9,10). The van der Waals surface area contributed by atoms with E-state index in [1.54, 1.807) is 0 Å². The maximum absolute atomic E-state index is 11.5. The van der Waals surface area contributed by atoms with Crippen LogP contribution < -0.4 is 0 Å². The van der Waals surface area contributed by atoms with Crippen LogP contribution in [-0.4, -0.2) is 23.5 Å². The number of hydrogen-bond donors (Lipinski definition) is 1. The van der Waals surface area contributed by atoms with Gasteiger partial charge in [-0.15, -0.1) is 0 Å². The molecule has 0 rings (SSSR count). The molecule has 0 spiro atoms. The SMILES string of the molecule is CC(CC(=O)O)C(=O)CF. The van der Waals surface area contributed by atoms with Crippen LogP contribution in [0.4, 0.5) is 4.39 Å². The first-order chi connectivity index (χ1) is 4.57. The van der Waals surface area contributed by atoms with Gasteiger partial charge in [-0.25, -0.2) is 4.39 Å². The summed E-state index contributed by atoms with van der Waals surface area (Å²) in [6.07, 6.45) is -0.289. The van der Waals surface area contributed by atoms with Crippen LogP contribution in [0.5, 0.6) is 0 Å². The van der Waals surface area contributed by atoms with Crippen LogP contribution in [0, 0.1) is 5.92 Å². The van der Waals surface area contributed by atoms with Crippen LogP contribution in [0.25, 0.3) is 0 Å². The molecule has 0 radical (unpaired) electrons. The molecule has 0 heterocycles. The first kappa shape index (κ1) is 9.07. The van der Waals surface area contributed by atoms with Gasteiger partial charge in [-0.1, -0.05) is 6.92 Å². The molecule has 4 heteroatoms. The van der Waals surface area contributed by atoms with Gasteiger partial charge in [-0.2, -0.15) is 0 Å². The third-order valence-electron chi connectivity index (χ3n) is 1.16. The quantitative estimate of drug-likeness (QED) is 0.636. The summed E-state index contributed by atoms with van der Waals surface area (Å²) in [7, 11) is 0. The lowest BCUT2D eigenvalue weighted by molar-refractivity contribution is -0.140. The molecular weight excluding hydrogens is 139 g/mol. The number of ketones is 1. The molecule has 0 aromatic heterocycles. The van der Waals surface area contributed by atoms with Crippen molar-refractivity contribution < 1.29 is 19.1 Å². The molecule has 0 amide bonds. The Labute approximate surface area is 57.8 Å². The summed E-state index contributed by atoms with van der Waals surface area (Å²) < 4.78 is 11.5. The summed E-state index contributed by atoms with van der Waals surface area (Å²) in [5.74, 6) is -2.43. The van der Waals surface area contributed by atoms with E-state index in [1.807, 2.05) is 0 Å². The van der Waals surface area contributed by atoms with Crippen molar-refractivity contribution >= 4 is 11.8 Å². The second-order valence-electron chi connectivity index (χ2n) is 2.10. The van der Waals surface area contributed by atoms with E-state index in [-0.39, 0.29) is 6.42 Å². The number of rotatable bonds is 4. The minimum Gasteiger partial charge on any atom is -0.481 e. The summed E-state index contributed by atoms with van der Waals surface area (Å²) in [6, 6.07) is 0. The van der Waals surface area contributed by atoms with Crippen molar-refractivity contribution in [2.24, 2.45) is 5.92 Å². The molecule has 0 aliphatic carbocycles. The minimum absolute atomic E-state index is 0.289. The van der Waals surface area contributed by atoms with Gasteiger partial charge < -0.3 is 5.11 Å². The van der Waals surface area contributed by atoms with Gasteiger partial charge in [0.2, 0.25) is 0 Å². The summed E-state index contributed by atoms with van der Waals surface area (Å²) in [5, 5.41) is 8.15. The van der Waals surface area contributed by atoms with Crippen molar-refractivity contribution in [2.45, 2.75) is 13.3 Å². The van der Waals surface area contributed by atoms with Crippen molar-refractivity contribution in [3.05, 3.63) is 0 Å². The Hall–Kier alpha value is -0.930. The van der Waals surface area contributed by atoms with Gasteiger partial charge in [-0.3, -0.25) is 9.59 Å². The first-order valence-electron chi connectivity index (χ1n) is 2.88. The van der Waals surface area contributed by atoms with Crippen molar-refractivity contribution in [3.8, 4) is 0 Å². The molecule has 1 atom stereocenters. The Morgan fingerprint density at radius 2 is 2.10 bits per heavy atom. The van der Waals surface area contributed by atoms with Gasteiger partial charge >= 0.3 is 5.97 Å². The second-order valence-corrected chi connectivity index (χ2v) is 2.10. The summed E-state index contributed by atoms with van der Waals surface area (Å²) in [6.45, 7) is 0.324. The van der Waals surface area contributed by atoms with Gasteiger partial charge in [0.25, 0.3) is 0 Å². The lowest BCUT2D eigenvalue weighted by Gasteiger charge is -2.01. The van der Waals surface area contributed by atoms with Gasteiger partial charge in [0.05, 0.1) is 6.42 Å². The number of halogens is 1. The van der Waals surface area contributed by atoms with Gasteiger partial charge in [0, 0.05) is 5.92 Å². The zero-order valence-corrected chi connectivity index (χ0v) is 5.63. The molecule has 58 valence electrons. The normalized spacial score (nSPS) is 12.6. The molecule has 10 heavy (non-hydrogen) atoms. The molecule has 0 aromatic rings. The molecule has 0 bridgehead atoms. The van der Waals surface area contributed by atoms with Crippen LogP contribution in [0.15, 0.2) is 0 Å². The van der Waals surface area contributed by atoms with Gasteiger partial charge in [0.15, 0.2) is 5.78 Å². The molecular formula is C6H9FO3. The number of Topliss-reactive ketones (excluding diaryl/α,β-unsaturated/α-hetero) is 1. The van der Waals surface area contributed by atoms with E-state index in [4.69, 9.17) is 5.11 Å². The largest absolute Gasteiger partial charge is 0.481 e. The highest BCUT2D eigenvalue weighted by atomic mass is 19.1. The van der Waals surface area contributed by atoms with E-state index in [2.05, 4.69) is 0 Å². The fourth-order valence-corrected chi connectivity index (χ4v) is 0.507. The zero-order valence-electron chi connectivity index (χ0n) is 5.63. The summed E-state index contributed by atoms with van der Waals surface area (Å²) in [4.78, 5) is 20.4. The highest BCUT2D eigenvalue weighted by molar-refractivity contribution is 5.85. The number of carboxylic acids is 1. The van der Waals surface area contributed by atoms with Crippen LogP contribution in [0.2, 0.25) is 0 Å². The van der Waals surface area contributed by atoms with Crippen molar-refractivity contribution in [1.29, 1.82) is 0 Å². The van der Waals surface area contributed by atoms with Crippen LogP contribution in [0.3, 0.4) is 0 Å². The molecule has 1 N–H and O–H groups in total. The topological polar surface area (TPSA) is 54.4 Å². The molecule has 1 unspecified atom stereocenters. The highest BCUT2D eigenvalue weighted by Crippen LogP contribution is 2.02. The Morgan fingerprint density at radius 3 is 2.40 bits per heavy atom. The lowest BCUT2D eigenvalue weighted by atomic mass is 10.0. The molecule has 0 aliphatic heterocycles. The van der Waals surface area contributed by atoms with Crippen LogP contribution in [-0.2, 0) is 9.59 Å². The Kier molecular flexibility index (Phi) is 3.61. The number of alkyl halides is 1. The van der Waals surface area contributed by atoms with Crippen LogP contribution in [0.1, 0.15) is 13.3 Å². The Bertz CT molecular complexity index is 144. The van der Waals surface area contributed by atoms with E-state index in [1.165, 1.54) is 6.92 Å². The zero-order chi connectivity index (χ0) is 8.15. The summed E-state index contributed by atoms with van der Waals surface area (Å²) >= 11 is 0. The second kappa shape index (κ2) is 3.98. The maximum Gasteiger partial charge on any atom is 0.304 e. The molecule has 3 nitrogen and oxygen atoms in total. The van der Waals surface area contributed by atoms with Crippen LogP contribution >= 0.6 is 0 Å². The van der Waals surface area contributed by atoms with Crippen molar-refractivity contribution in [2.75, 3.05) is 6.67 Å². The van der Waals surface area contributed by atoms with Crippen molar-refractivity contribution in [1.82, 2.24) is 0 Å². The minimum atomic E-state index is -1.07. The van der Waals surface area contributed by atoms with E-state index >= 15 is 0 Å². The molecule has 0 fully saturated rings. The van der Waals surface area contributed by atoms with Crippen molar-refractivity contribution in [3.63, 3.8) is 0 Å². The number of carboxylic acid groups (broad SMARTS) is 1. The summed E-state index contributed by atoms with van der Waals surface area (Å²) in [5.41, 5.74) is 0. The van der Waals surface area contributed by atoms with E-state index in [9.17, 15) is 14.0 Å². The van der Waals surface area contributed by atoms with E-state index < -0.39 is 24.3 Å². The highest BCUT2D eigenvalue weighted by Gasteiger charge is 2.15. The average Bonchev–Trinajstić information content (AvgIpc) is 1.85. The first-order valence-corrected chi connectivity index (χ1v) is 2.88. The number of hydrogen-bond acceptors (Lipinski definition) is 2. The van der Waals surface area contributed by atoms with Gasteiger partial charge in [0.1, 0.15) is 6.67 Å². The number of carbonyl (C=O) groups excluding carboxylic acids is 1. The molecule has 0 aliphatic rings. The van der Waals surface area contributed by atoms with E-state index in [0.717, 1.165) is 0 Å². The lowest BCUT2D eigenvalue weighted by Crippen LogP contribution is -2.16. The number of carbonyl (C=O) groups is 2. The third kappa shape index (κ3) is 3.17. The monoisotopic (exact) mass is 148 g/mol. The fraction of sp³-hybridized carbons (Fsp3) is 0.667. The third-order valence-corrected chi connectivity index (χ3v) is 1.16. The molecule has 0 saturated carbocycles. The smallest absolute Gasteiger partial charge is 0.304 e.